The van der Waals surface area contributed by atoms with Crippen molar-refractivity contribution in [2.75, 3.05) is 30.8 Å². The Morgan fingerprint density at radius 3 is 2.58 bits per heavy atom. The number of ether oxygens (including phenoxy) is 1. The number of thiophene rings is 1. The van der Waals surface area contributed by atoms with E-state index in [1.807, 2.05) is 6.92 Å². The molecule has 9 heteroatoms. The number of anilines is 1. The summed E-state index contributed by atoms with van der Waals surface area (Å²) >= 11 is 1.42. The van der Waals surface area contributed by atoms with Crippen LogP contribution in [0.25, 0.3) is 0 Å². The van der Waals surface area contributed by atoms with E-state index in [1.54, 1.807) is 31.2 Å². The summed E-state index contributed by atoms with van der Waals surface area (Å²) in [6, 6.07) is 6.70. The van der Waals surface area contributed by atoms with Crippen LogP contribution in [0, 0.1) is 6.92 Å². The van der Waals surface area contributed by atoms with Gasteiger partial charge in [0.2, 0.25) is 5.91 Å². The Morgan fingerprint density at radius 1 is 1.18 bits per heavy atom. The maximum Gasteiger partial charge on any atom is 0.341 e. The van der Waals surface area contributed by atoms with E-state index in [2.05, 4.69) is 17.1 Å². The van der Waals surface area contributed by atoms with Gasteiger partial charge in [0.15, 0.2) is 9.84 Å². The third kappa shape index (κ3) is 6.43. The summed E-state index contributed by atoms with van der Waals surface area (Å²) in [6.45, 7) is 8.66. The minimum atomic E-state index is -3.45. The second-order valence-corrected chi connectivity index (χ2v) is 11.5. The van der Waals surface area contributed by atoms with Gasteiger partial charge in [-0.2, -0.15) is 0 Å². The van der Waals surface area contributed by atoms with Crippen molar-refractivity contribution in [2.24, 2.45) is 0 Å². The van der Waals surface area contributed by atoms with E-state index < -0.39 is 15.8 Å². The summed E-state index contributed by atoms with van der Waals surface area (Å²) < 4.78 is 30.3. The number of fused-ring (bicyclic) bond motifs is 1. The van der Waals surface area contributed by atoms with Crippen LogP contribution in [0.15, 0.2) is 29.2 Å². The van der Waals surface area contributed by atoms with E-state index in [0.717, 1.165) is 48.5 Å². The fourth-order valence-electron chi connectivity index (χ4n) is 3.95. The van der Waals surface area contributed by atoms with Crippen molar-refractivity contribution >= 4 is 38.1 Å². The molecule has 0 aliphatic carbocycles. The molecule has 1 aliphatic rings. The number of hydrogen-bond acceptors (Lipinski definition) is 7. The average molecular weight is 493 g/mol. The van der Waals surface area contributed by atoms with E-state index in [0.29, 0.717) is 10.6 Å². The summed E-state index contributed by atoms with van der Waals surface area (Å²) in [7, 11) is -3.45. The minimum absolute atomic E-state index is 0.0535. The van der Waals surface area contributed by atoms with Gasteiger partial charge >= 0.3 is 5.97 Å². The lowest BCUT2D eigenvalue weighted by atomic mass is 10.0. The maximum atomic E-state index is 12.7. The second kappa shape index (κ2) is 11.3. The Kier molecular flexibility index (Phi) is 8.67. The third-order valence-corrected chi connectivity index (χ3v) is 8.55. The van der Waals surface area contributed by atoms with Crippen molar-refractivity contribution in [3.8, 4) is 0 Å². The SMILES string of the molecule is CCCN1CCc2c(sc(NC(=O)CCCS(=O)(=O)c3ccc(C)cc3)c2C(=O)OCC)C1. The number of rotatable bonds is 10. The Morgan fingerprint density at radius 2 is 1.91 bits per heavy atom. The molecule has 0 radical (unpaired) electrons. The van der Waals surface area contributed by atoms with Gasteiger partial charge in [0.25, 0.3) is 0 Å². The molecule has 1 aliphatic heterocycles. The van der Waals surface area contributed by atoms with Crippen molar-refractivity contribution in [1.29, 1.82) is 0 Å². The topological polar surface area (TPSA) is 92.8 Å². The molecule has 0 spiro atoms. The molecule has 1 aromatic carbocycles. The lowest BCUT2D eigenvalue weighted by molar-refractivity contribution is -0.116. The van der Waals surface area contributed by atoms with Crippen LogP contribution in [0.5, 0.6) is 0 Å². The summed E-state index contributed by atoms with van der Waals surface area (Å²) in [4.78, 5) is 29.0. The molecule has 0 saturated heterocycles. The van der Waals surface area contributed by atoms with Gasteiger partial charge in [-0.05, 0) is 57.4 Å². The third-order valence-electron chi connectivity index (χ3n) is 5.61. The quantitative estimate of drug-likeness (QED) is 0.500. The van der Waals surface area contributed by atoms with Crippen LogP contribution in [0.2, 0.25) is 0 Å². The van der Waals surface area contributed by atoms with Crippen molar-refractivity contribution in [1.82, 2.24) is 4.90 Å². The molecular formula is C24H32N2O5S2. The molecule has 1 N–H and O–H groups in total. The van der Waals surface area contributed by atoms with Gasteiger partial charge in [-0.1, -0.05) is 24.6 Å². The molecular weight excluding hydrogens is 460 g/mol. The zero-order valence-corrected chi connectivity index (χ0v) is 21.1. The van der Waals surface area contributed by atoms with Gasteiger partial charge in [-0.3, -0.25) is 9.69 Å². The molecule has 2 heterocycles. The number of sulfone groups is 1. The number of amides is 1. The van der Waals surface area contributed by atoms with Gasteiger partial charge in [0.1, 0.15) is 5.00 Å². The van der Waals surface area contributed by atoms with Crippen molar-refractivity contribution in [3.63, 3.8) is 0 Å². The summed E-state index contributed by atoms with van der Waals surface area (Å²) in [5.74, 6) is -0.832. The number of hydrogen-bond donors (Lipinski definition) is 1. The van der Waals surface area contributed by atoms with Gasteiger partial charge in [-0.15, -0.1) is 11.3 Å². The lowest BCUT2D eigenvalue weighted by Gasteiger charge is -2.26. The van der Waals surface area contributed by atoms with Crippen LogP contribution in [0.3, 0.4) is 0 Å². The molecule has 0 bridgehead atoms. The standard InChI is InChI=1S/C24H32N2O5S2/c1-4-13-26-14-12-19-20(16-26)32-23(22(19)24(28)31-5-2)25-21(27)7-6-15-33(29,30)18-10-8-17(3)9-11-18/h8-11H,4-7,12-16H2,1-3H3,(H,25,27). The Bertz CT molecular complexity index is 1090. The second-order valence-electron chi connectivity index (χ2n) is 8.24. The number of carbonyl (C=O) groups excluding carboxylic acids is 2. The predicted octanol–water partition coefficient (Wildman–Crippen LogP) is 4.19. The highest BCUT2D eigenvalue weighted by atomic mass is 32.2. The molecule has 7 nitrogen and oxygen atoms in total. The Balaban J connectivity index is 1.67. The number of benzene rings is 1. The van der Waals surface area contributed by atoms with Gasteiger partial charge in [0.05, 0.1) is 22.8 Å². The highest BCUT2D eigenvalue weighted by Gasteiger charge is 2.29. The molecule has 0 fully saturated rings. The average Bonchev–Trinajstić information content (AvgIpc) is 3.11. The van der Waals surface area contributed by atoms with Crippen molar-refractivity contribution < 1.29 is 22.7 Å². The predicted molar refractivity (Wildman–Crippen MR) is 131 cm³/mol. The first kappa shape index (κ1) is 25.4. The Labute approximate surface area is 200 Å². The van der Waals surface area contributed by atoms with E-state index in [4.69, 9.17) is 4.74 Å². The van der Waals surface area contributed by atoms with E-state index >= 15 is 0 Å². The number of nitrogens with one attached hydrogen (secondary N) is 1. The van der Waals surface area contributed by atoms with E-state index in [1.165, 1.54) is 11.3 Å². The van der Waals surface area contributed by atoms with Crippen LogP contribution in [-0.2, 0) is 32.3 Å². The van der Waals surface area contributed by atoms with Crippen molar-refractivity contribution in [3.05, 3.63) is 45.8 Å². The number of aryl methyl sites for hydroxylation is 1. The first-order valence-corrected chi connectivity index (χ1v) is 13.8. The molecule has 1 aromatic heterocycles. The van der Waals surface area contributed by atoms with Crippen LogP contribution in [-0.4, -0.2) is 50.6 Å². The molecule has 0 atom stereocenters. The number of esters is 1. The fraction of sp³-hybridized carbons (Fsp3) is 0.500. The lowest BCUT2D eigenvalue weighted by Crippen LogP contribution is -2.30. The summed E-state index contributed by atoms with van der Waals surface area (Å²) in [5.41, 5.74) is 2.40. The number of carbonyl (C=O) groups is 2. The monoisotopic (exact) mass is 492 g/mol. The van der Waals surface area contributed by atoms with Crippen LogP contribution in [0.4, 0.5) is 5.00 Å². The minimum Gasteiger partial charge on any atom is -0.462 e. The molecule has 2 aromatic rings. The first-order chi connectivity index (χ1) is 15.7. The fourth-order valence-corrected chi connectivity index (χ4v) is 6.55. The molecule has 0 unspecified atom stereocenters. The van der Waals surface area contributed by atoms with Crippen LogP contribution >= 0.6 is 11.3 Å². The zero-order chi connectivity index (χ0) is 24.0. The Hall–Kier alpha value is -2.23. The van der Waals surface area contributed by atoms with E-state index in [-0.39, 0.29) is 36.0 Å². The van der Waals surface area contributed by atoms with Gasteiger partial charge in [0, 0.05) is 24.4 Å². The highest BCUT2D eigenvalue weighted by molar-refractivity contribution is 7.91. The molecule has 33 heavy (non-hydrogen) atoms. The van der Waals surface area contributed by atoms with Crippen LogP contribution in [0.1, 0.15) is 59.5 Å². The van der Waals surface area contributed by atoms with Gasteiger partial charge < -0.3 is 10.1 Å². The van der Waals surface area contributed by atoms with E-state index in [9.17, 15) is 18.0 Å². The summed E-state index contributed by atoms with van der Waals surface area (Å²) in [6.07, 6.45) is 2.05. The van der Waals surface area contributed by atoms with Crippen LogP contribution < -0.4 is 5.32 Å². The largest absolute Gasteiger partial charge is 0.462 e. The first-order valence-electron chi connectivity index (χ1n) is 11.4. The normalized spacial score (nSPS) is 14.0. The zero-order valence-electron chi connectivity index (χ0n) is 19.5. The smallest absolute Gasteiger partial charge is 0.341 e. The maximum absolute atomic E-state index is 12.7. The van der Waals surface area contributed by atoms with Crippen molar-refractivity contribution in [2.45, 2.75) is 57.9 Å². The number of nitrogens with zero attached hydrogens (tertiary/aromatic N) is 1. The highest BCUT2D eigenvalue weighted by Crippen LogP contribution is 2.37. The molecule has 180 valence electrons. The van der Waals surface area contributed by atoms with Gasteiger partial charge in [-0.25, -0.2) is 13.2 Å². The molecule has 0 saturated carbocycles. The molecule has 3 rings (SSSR count). The summed E-state index contributed by atoms with van der Waals surface area (Å²) in [5, 5.41) is 3.36. The molecule has 1 amide bonds.